The van der Waals surface area contributed by atoms with Crippen LogP contribution in [0.4, 0.5) is 4.39 Å². The molecular weight excluding hydrogens is 303 g/mol. The number of amides is 1. The number of nitrogens with zero attached hydrogens (tertiary/aromatic N) is 1. The maximum Gasteiger partial charge on any atom is 0.223 e. The summed E-state index contributed by atoms with van der Waals surface area (Å²) >= 11 is 0. The quantitative estimate of drug-likeness (QED) is 0.830. The van der Waals surface area contributed by atoms with E-state index in [9.17, 15) is 9.18 Å². The van der Waals surface area contributed by atoms with E-state index >= 15 is 0 Å². The van der Waals surface area contributed by atoms with Crippen molar-refractivity contribution in [1.82, 2.24) is 10.2 Å². The standard InChI is InChI=1S/C20H29FN2O/c1-15(17-5-3-10-22-14-17)12-20(24)23(19-7-8-19)11-9-16-4-2-6-18(21)13-16/h2,4,6,13,15,17,19,22H,3,5,7-12,14H2,1H3. The van der Waals surface area contributed by atoms with Crippen LogP contribution >= 0.6 is 0 Å². The van der Waals surface area contributed by atoms with E-state index in [2.05, 4.69) is 17.1 Å². The molecule has 1 aliphatic heterocycles. The fraction of sp³-hybridized carbons (Fsp3) is 0.650. The number of carbonyl (C=O) groups excluding carboxylic acids is 1. The molecular formula is C20H29FN2O. The first kappa shape index (κ1) is 17.4. The molecule has 4 heteroatoms. The average molecular weight is 332 g/mol. The Bertz CT molecular complexity index is 552. The number of rotatable bonds is 7. The third-order valence-electron chi connectivity index (χ3n) is 5.47. The molecule has 3 nitrogen and oxygen atoms in total. The fourth-order valence-corrected chi connectivity index (χ4v) is 3.76. The lowest BCUT2D eigenvalue weighted by Gasteiger charge is -2.30. The van der Waals surface area contributed by atoms with E-state index in [1.165, 1.54) is 18.9 Å². The van der Waals surface area contributed by atoms with Gasteiger partial charge in [0.15, 0.2) is 0 Å². The number of carbonyl (C=O) groups is 1. The van der Waals surface area contributed by atoms with Gasteiger partial charge in [0.1, 0.15) is 5.82 Å². The molecule has 0 radical (unpaired) electrons. The molecule has 0 aromatic heterocycles. The van der Waals surface area contributed by atoms with Gasteiger partial charge in [-0.2, -0.15) is 0 Å². The normalized spacial score (nSPS) is 22.2. The van der Waals surface area contributed by atoms with Crippen molar-refractivity contribution in [3.05, 3.63) is 35.6 Å². The molecule has 132 valence electrons. The van der Waals surface area contributed by atoms with E-state index < -0.39 is 0 Å². The Morgan fingerprint density at radius 2 is 2.21 bits per heavy atom. The van der Waals surface area contributed by atoms with Crippen LogP contribution in [0.2, 0.25) is 0 Å². The summed E-state index contributed by atoms with van der Waals surface area (Å²) in [6.07, 6.45) is 6.07. The van der Waals surface area contributed by atoms with Crippen LogP contribution < -0.4 is 5.32 Å². The van der Waals surface area contributed by atoms with Crippen LogP contribution in [0, 0.1) is 17.7 Å². The molecule has 1 N–H and O–H groups in total. The van der Waals surface area contributed by atoms with E-state index in [4.69, 9.17) is 0 Å². The molecule has 1 aromatic carbocycles. The van der Waals surface area contributed by atoms with Gasteiger partial charge in [0, 0.05) is 19.0 Å². The predicted octanol–water partition coefficient (Wildman–Crippen LogP) is 3.39. The summed E-state index contributed by atoms with van der Waals surface area (Å²) in [7, 11) is 0. The Labute approximate surface area is 144 Å². The Kier molecular flexibility index (Phi) is 5.88. The number of nitrogens with one attached hydrogen (secondary N) is 1. The van der Waals surface area contributed by atoms with Crippen molar-refractivity contribution in [3.63, 3.8) is 0 Å². The molecule has 1 amide bonds. The van der Waals surface area contributed by atoms with Gasteiger partial charge in [0.05, 0.1) is 0 Å². The Balaban J connectivity index is 1.53. The second kappa shape index (κ2) is 8.11. The maximum absolute atomic E-state index is 13.3. The summed E-state index contributed by atoms with van der Waals surface area (Å²) in [4.78, 5) is 14.9. The number of hydrogen-bond acceptors (Lipinski definition) is 2. The van der Waals surface area contributed by atoms with Crippen molar-refractivity contribution < 1.29 is 9.18 Å². The van der Waals surface area contributed by atoms with Crippen LogP contribution in [0.3, 0.4) is 0 Å². The monoisotopic (exact) mass is 332 g/mol. The van der Waals surface area contributed by atoms with Crippen molar-refractivity contribution in [2.45, 2.75) is 51.5 Å². The minimum absolute atomic E-state index is 0.199. The summed E-state index contributed by atoms with van der Waals surface area (Å²) in [5, 5.41) is 3.44. The largest absolute Gasteiger partial charge is 0.339 e. The summed E-state index contributed by atoms with van der Waals surface area (Å²) in [6, 6.07) is 7.14. The Hall–Kier alpha value is -1.42. The zero-order chi connectivity index (χ0) is 16.9. The topological polar surface area (TPSA) is 32.3 Å². The molecule has 2 fully saturated rings. The summed E-state index contributed by atoms with van der Waals surface area (Å²) < 4.78 is 13.3. The van der Waals surface area contributed by atoms with Gasteiger partial charge in [-0.25, -0.2) is 4.39 Å². The average Bonchev–Trinajstić information content (AvgIpc) is 3.41. The van der Waals surface area contributed by atoms with Gasteiger partial charge in [0.2, 0.25) is 5.91 Å². The molecule has 1 heterocycles. The first-order valence-electron chi connectivity index (χ1n) is 9.38. The van der Waals surface area contributed by atoms with Crippen LogP contribution in [0.15, 0.2) is 24.3 Å². The van der Waals surface area contributed by atoms with E-state index in [0.717, 1.165) is 37.9 Å². The maximum atomic E-state index is 13.3. The molecule has 0 spiro atoms. The highest BCUT2D eigenvalue weighted by Gasteiger charge is 2.33. The van der Waals surface area contributed by atoms with Crippen molar-refractivity contribution >= 4 is 5.91 Å². The zero-order valence-corrected chi connectivity index (χ0v) is 14.6. The van der Waals surface area contributed by atoms with Crippen LogP contribution in [0.5, 0.6) is 0 Å². The van der Waals surface area contributed by atoms with Crippen LogP contribution in [-0.2, 0) is 11.2 Å². The highest BCUT2D eigenvalue weighted by molar-refractivity contribution is 5.77. The van der Waals surface area contributed by atoms with Crippen molar-refractivity contribution in [2.75, 3.05) is 19.6 Å². The van der Waals surface area contributed by atoms with E-state index in [-0.39, 0.29) is 11.7 Å². The fourth-order valence-electron chi connectivity index (χ4n) is 3.76. The van der Waals surface area contributed by atoms with E-state index in [0.29, 0.717) is 30.8 Å². The van der Waals surface area contributed by atoms with Gasteiger partial charge in [0.25, 0.3) is 0 Å². The third kappa shape index (κ3) is 4.79. The minimum atomic E-state index is -0.199. The first-order valence-corrected chi connectivity index (χ1v) is 9.38. The van der Waals surface area contributed by atoms with Crippen LogP contribution in [0.25, 0.3) is 0 Å². The highest BCUT2D eigenvalue weighted by Crippen LogP contribution is 2.30. The number of piperidine rings is 1. The molecule has 1 saturated heterocycles. The van der Waals surface area contributed by atoms with Crippen molar-refractivity contribution in [2.24, 2.45) is 11.8 Å². The first-order chi connectivity index (χ1) is 11.6. The molecule has 2 unspecified atom stereocenters. The molecule has 24 heavy (non-hydrogen) atoms. The number of hydrogen-bond donors (Lipinski definition) is 1. The molecule has 1 saturated carbocycles. The SMILES string of the molecule is CC(CC(=O)N(CCc1cccc(F)c1)C1CC1)C1CCCNC1. The lowest BCUT2D eigenvalue weighted by Crippen LogP contribution is -2.39. The second-order valence-corrected chi connectivity index (χ2v) is 7.49. The van der Waals surface area contributed by atoms with E-state index in [1.807, 2.05) is 6.07 Å². The highest BCUT2D eigenvalue weighted by atomic mass is 19.1. The van der Waals surface area contributed by atoms with Gasteiger partial charge < -0.3 is 10.2 Å². The summed E-state index contributed by atoms with van der Waals surface area (Å²) in [6.45, 7) is 5.08. The van der Waals surface area contributed by atoms with Gasteiger partial charge in [-0.15, -0.1) is 0 Å². The van der Waals surface area contributed by atoms with Gasteiger partial charge in [-0.3, -0.25) is 4.79 Å². The lowest BCUT2D eigenvalue weighted by atomic mass is 9.85. The van der Waals surface area contributed by atoms with Gasteiger partial charge in [-0.1, -0.05) is 19.1 Å². The molecule has 2 atom stereocenters. The van der Waals surface area contributed by atoms with E-state index in [1.54, 1.807) is 12.1 Å². The number of benzene rings is 1. The van der Waals surface area contributed by atoms with Crippen molar-refractivity contribution in [3.8, 4) is 0 Å². The molecule has 0 bridgehead atoms. The second-order valence-electron chi connectivity index (χ2n) is 7.49. The smallest absolute Gasteiger partial charge is 0.223 e. The van der Waals surface area contributed by atoms with Gasteiger partial charge >= 0.3 is 0 Å². The van der Waals surface area contributed by atoms with Gasteiger partial charge in [-0.05, 0) is 74.7 Å². The Morgan fingerprint density at radius 3 is 2.88 bits per heavy atom. The number of halogens is 1. The third-order valence-corrected chi connectivity index (χ3v) is 5.47. The Morgan fingerprint density at radius 1 is 1.38 bits per heavy atom. The van der Waals surface area contributed by atoms with Crippen LogP contribution in [0.1, 0.15) is 44.6 Å². The zero-order valence-electron chi connectivity index (χ0n) is 14.6. The lowest BCUT2D eigenvalue weighted by molar-refractivity contribution is -0.133. The molecule has 3 rings (SSSR count). The minimum Gasteiger partial charge on any atom is -0.339 e. The molecule has 1 aromatic rings. The predicted molar refractivity (Wildman–Crippen MR) is 94.2 cm³/mol. The van der Waals surface area contributed by atoms with Crippen molar-refractivity contribution in [1.29, 1.82) is 0 Å². The van der Waals surface area contributed by atoms with Crippen LogP contribution in [-0.4, -0.2) is 36.5 Å². The summed E-state index contributed by atoms with van der Waals surface area (Å²) in [5.41, 5.74) is 0.970. The summed E-state index contributed by atoms with van der Waals surface area (Å²) in [5.74, 6) is 1.13. The molecule has 1 aliphatic carbocycles. The molecule has 2 aliphatic rings.